The second-order valence-corrected chi connectivity index (χ2v) is 7.11. The number of amides is 2. The minimum atomic E-state index is -0.105. The topological polar surface area (TPSA) is 87.5 Å². The summed E-state index contributed by atoms with van der Waals surface area (Å²) in [5.74, 6) is 2.21. The Hall–Kier alpha value is -1.73. The highest BCUT2D eigenvalue weighted by atomic mass is 32.2. The molecule has 23 heavy (non-hydrogen) atoms. The van der Waals surface area contributed by atoms with Gasteiger partial charge in [-0.15, -0.1) is 11.8 Å². The minimum absolute atomic E-state index is 0.101. The van der Waals surface area contributed by atoms with Crippen molar-refractivity contribution in [1.82, 2.24) is 15.5 Å². The van der Waals surface area contributed by atoms with E-state index in [1.807, 2.05) is 4.90 Å². The predicted octanol–water partition coefficient (Wildman–Crippen LogP) is 0.510. The van der Waals surface area contributed by atoms with Gasteiger partial charge in [0.15, 0.2) is 0 Å². The summed E-state index contributed by atoms with van der Waals surface area (Å²) in [6.07, 6.45) is 0.780. The van der Waals surface area contributed by atoms with E-state index >= 15 is 0 Å². The lowest BCUT2D eigenvalue weighted by molar-refractivity contribution is -0.131. The van der Waals surface area contributed by atoms with E-state index in [1.54, 1.807) is 36.0 Å². The molecule has 2 fully saturated rings. The van der Waals surface area contributed by atoms with Crippen molar-refractivity contribution in [2.75, 3.05) is 37.0 Å². The van der Waals surface area contributed by atoms with Gasteiger partial charge < -0.3 is 21.3 Å². The number of hydrogen-bond donors (Lipinski definition) is 3. The molecule has 4 N–H and O–H groups in total. The Labute approximate surface area is 140 Å². The van der Waals surface area contributed by atoms with Crippen LogP contribution in [0.1, 0.15) is 16.8 Å². The molecule has 0 aromatic heterocycles. The molecule has 2 aliphatic heterocycles. The second kappa shape index (κ2) is 7.23. The molecule has 2 aliphatic rings. The van der Waals surface area contributed by atoms with E-state index in [4.69, 9.17) is 5.73 Å². The van der Waals surface area contributed by atoms with Crippen LogP contribution in [0.25, 0.3) is 0 Å². The van der Waals surface area contributed by atoms with Gasteiger partial charge in [0.25, 0.3) is 5.91 Å². The third-order valence-corrected chi connectivity index (χ3v) is 5.27. The van der Waals surface area contributed by atoms with Crippen molar-refractivity contribution in [3.05, 3.63) is 29.8 Å². The van der Waals surface area contributed by atoms with Gasteiger partial charge in [-0.05, 0) is 36.6 Å². The van der Waals surface area contributed by atoms with Crippen LogP contribution in [-0.2, 0) is 4.79 Å². The Morgan fingerprint density at radius 3 is 2.83 bits per heavy atom. The fourth-order valence-electron chi connectivity index (χ4n) is 2.93. The van der Waals surface area contributed by atoms with E-state index in [0.717, 1.165) is 31.1 Å². The lowest BCUT2D eigenvalue weighted by Crippen LogP contribution is -2.42. The molecule has 2 saturated heterocycles. The van der Waals surface area contributed by atoms with Gasteiger partial charge in [0, 0.05) is 36.6 Å². The van der Waals surface area contributed by atoms with Crippen LogP contribution in [0.2, 0.25) is 0 Å². The lowest BCUT2D eigenvalue weighted by Gasteiger charge is -2.19. The molecule has 124 valence electrons. The number of hydrogen-bond acceptors (Lipinski definition) is 5. The van der Waals surface area contributed by atoms with Crippen molar-refractivity contribution in [3.8, 4) is 0 Å². The summed E-state index contributed by atoms with van der Waals surface area (Å²) in [6.45, 7) is 2.19. The predicted molar refractivity (Wildman–Crippen MR) is 92.1 cm³/mol. The molecule has 3 rings (SSSR count). The minimum Gasteiger partial charge on any atom is -0.399 e. The standard InChI is InChI=1S/C16H22N4O2S/c17-13-3-1-12(2-4-13)15(21)19-9-11-7-14(18-8-11)16(22)20-5-6-23-10-20/h1-4,11,14,18H,5-10,17H2,(H,19,21)/t11?,14-/m0/s1. The van der Waals surface area contributed by atoms with Crippen LogP contribution in [0.5, 0.6) is 0 Å². The van der Waals surface area contributed by atoms with Crippen LogP contribution in [0, 0.1) is 5.92 Å². The summed E-state index contributed by atoms with van der Waals surface area (Å²) in [6, 6.07) is 6.76. The SMILES string of the molecule is Nc1ccc(C(=O)NCC2CN[C@H](C(=O)N3CCSC3)C2)cc1. The number of nitrogens with two attached hydrogens (primary N) is 1. The largest absolute Gasteiger partial charge is 0.399 e. The summed E-state index contributed by atoms with van der Waals surface area (Å²) >= 11 is 1.79. The second-order valence-electron chi connectivity index (χ2n) is 6.03. The molecule has 0 spiro atoms. The Morgan fingerprint density at radius 2 is 2.13 bits per heavy atom. The summed E-state index contributed by atoms with van der Waals surface area (Å²) < 4.78 is 0. The van der Waals surface area contributed by atoms with Gasteiger partial charge in [0.05, 0.1) is 11.9 Å². The highest BCUT2D eigenvalue weighted by Gasteiger charge is 2.33. The van der Waals surface area contributed by atoms with E-state index in [-0.39, 0.29) is 23.8 Å². The number of carbonyl (C=O) groups excluding carboxylic acids is 2. The fraction of sp³-hybridized carbons (Fsp3) is 0.500. The smallest absolute Gasteiger partial charge is 0.251 e. The first-order chi connectivity index (χ1) is 11.1. The van der Waals surface area contributed by atoms with Crippen LogP contribution in [0.3, 0.4) is 0 Å². The zero-order chi connectivity index (χ0) is 16.2. The molecular weight excluding hydrogens is 312 g/mol. The molecular formula is C16H22N4O2S. The van der Waals surface area contributed by atoms with Crippen molar-refractivity contribution in [2.24, 2.45) is 5.92 Å². The van der Waals surface area contributed by atoms with E-state index in [0.29, 0.717) is 17.8 Å². The molecule has 7 heteroatoms. The molecule has 0 saturated carbocycles. The molecule has 6 nitrogen and oxygen atoms in total. The fourth-order valence-corrected chi connectivity index (χ4v) is 3.89. The average Bonchev–Trinajstić information content (AvgIpc) is 3.24. The molecule has 0 aliphatic carbocycles. The van der Waals surface area contributed by atoms with Crippen LogP contribution in [-0.4, -0.2) is 54.0 Å². The van der Waals surface area contributed by atoms with Crippen molar-refractivity contribution in [1.29, 1.82) is 0 Å². The number of carbonyl (C=O) groups is 2. The molecule has 1 aromatic rings. The normalized spacial score (nSPS) is 23.9. The lowest BCUT2D eigenvalue weighted by atomic mass is 10.0. The quantitative estimate of drug-likeness (QED) is 0.699. The van der Waals surface area contributed by atoms with Crippen molar-refractivity contribution in [2.45, 2.75) is 12.5 Å². The van der Waals surface area contributed by atoms with Crippen LogP contribution >= 0.6 is 11.8 Å². The van der Waals surface area contributed by atoms with Gasteiger partial charge >= 0.3 is 0 Å². The Kier molecular flexibility index (Phi) is 5.07. The highest BCUT2D eigenvalue weighted by molar-refractivity contribution is 7.99. The molecule has 0 radical (unpaired) electrons. The average molecular weight is 334 g/mol. The molecule has 2 amide bonds. The monoisotopic (exact) mass is 334 g/mol. The summed E-state index contributed by atoms with van der Waals surface area (Å²) in [4.78, 5) is 26.3. The Balaban J connectivity index is 1.45. The van der Waals surface area contributed by atoms with Crippen molar-refractivity contribution in [3.63, 3.8) is 0 Å². The molecule has 1 aromatic carbocycles. The molecule has 2 heterocycles. The van der Waals surface area contributed by atoms with Gasteiger partial charge in [-0.1, -0.05) is 0 Å². The van der Waals surface area contributed by atoms with Crippen LogP contribution in [0.4, 0.5) is 5.69 Å². The first-order valence-electron chi connectivity index (χ1n) is 7.87. The summed E-state index contributed by atoms with van der Waals surface area (Å²) in [5.41, 5.74) is 6.86. The van der Waals surface area contributed by atoms with Crippen LogP contribution < -0.4 is 16.4 Å². The first kappa shape index (κ1) is 16.1. The van der Waals surface area contributed by atoms with Gasteiger partial charge in [-0.25, -0.2) is 0 Å². The van der Waals surface area contributed by atoms with E-state index in [2.05, 4.69) is 10.6 Å². The zero-order valence-electron chi connectivity index (χ0n) is 13.0. The maximum Gasteiger partial charge on any atom is 0.251 e. The van der Waals surface area contributed by atoms with Crippen molar-refractivity contribution < 1.29 is 9.59 Å². The number of benzene rings is 1. The number of nitrogens with one attached hydrogen (secondary N) is 2. The summed E-state index contributed by atoms with van der Waals surface area (Å²) in [5, 5.41) is 6.23. The molecule has 1 unspecified atom stereocenters. The van der Waals surface area contributed by atoms with Gasteiger partial charge in [0.2, 0.25) is 5.91 Å². The van der Waals surface area contributed by atoms with Gasteiger partial charge in [-0.3, -0.25) is 9.59 Å². The zero-order valence-corrected chi connectivity index (χ0v) is 13.8. The number of rotatable bonds is 4. The highest BCUT2D eigenvalue weighted by Crippen LogP contribution is 2.20. The molecule has 2 atom stereocenters. The summed E-state index contributed by atoms with van der Waals surface area (Å²) in [7, 11) is 0. The number of anilines is 1. The molecule has 0 bridgehead atoms. The third kappa shape index (κ3) is 3.97. The third-order valence-electron chi connectivity index (χ3n) is 4.31. The van der Waals surface area contributed by atoms with Gasteiger partial charge in [-0.2, -0.15) is 0 Å². The van der Waals surface area contributed by atoms with Crippen molar-refractivity contribution >= 4 is 29.3 Å². The Bertz CT molecular complexity index is 572. The van der Waals surface area contributed by atoms with E-state index in [1.165, 1.54) is 0 Å². The number of thioether (sulfide) groups is 1. The Morgan fingerprint density at radius 1 is 1.35 bits per heavy atom. The van der Waals surface area contributed by atoms with E-state index in [9.17, 15) is 9.59 Å². The first-order valence-corrected chi connectivity index (χ1v) is 9.02. The number of nitrogen functional groups attached to an aromatic ring is 1. The number of nitrogens with zero attached hydrogens (tertiary/aromatic N) is 1. The van der Waals surface area contributed by atoms with E-state index < -0.39 is 0 Å². The van der Waals surface area contributed by atoms with Crippen LogP contribution in [0.15, 0.2) is 24.3 Å². The van der Waals surface area contributed by atoms with Gasteiger partial charge in [0.1, 0.15) is 0 Å². The maximum atomic E-state index is 12.3. The maximum absolute atomic E-state index is 12.3.